The molecule has 0 aliphatic carbocycles. The summed E-state index contributed by atoms with van der Waals surface area (Å²) < 4.78 is 39.9. The first kappa shape index (κ1) is 18.9. The quantitative estimate of drug-likeness (QED) is 0.696. The minimum absolute atomic E-state index is 0.0358. The summed E-state index contributed by atoms with van der Waals surface area (Å²) in [6.07, 6.45) is -0.259. The predicted molar refractivity (Wildman–Crippen MR) is 96.1 cm³/mol. The van der Waals surface area contributed by atoms with Gasteiger partial charge in [-0.25, -0.2) is 9.97 Å². The van der Waals surface area contributed by atoms with Gasteiger partial charge in [0.15, 0.2) is 0 Å². The Balaban J connectivity index is 1.92. The first-order chi connectivity index (χ1) is 12.8. The van der Waals surface area contributed by atoms with Crippen LogP contribution in [0.25, 0.3) is 17.0 Å². The van der Waals surface area contributed by atoms with Crippen molar-refractivity contribution in [1.82, 2.24) is 14.4 Å². The van der Waals surface area contributed by atoms with Crippen molar-refractivity contribution in [2.24, 2.45) is 5.92 Å². The van der Waals surface area contributed by atoms with Crippen molar-refractivity contribution in [3.63, 3.8) is 0 Å². The van der Waals surface area contributed by atoms with Crippen LogP contribution in [0.1, 0.15) is 32.4 Å². The summed E-state index contributed by atoms with van der Waals surface area (Å²) in [7, 11) is 0. The van der Waals surface area contributed by atoms with Crippen LogP contribution in [0.3, 0.4) is 0 Å². The molecule has 0 spiro atoms. The molecule has 3 rings (SSSR count). The van der Waals surface area contributed by atoms with Gasteiger partial charge < -0.3 is 5.32 Å². The van der Waals surface area contributed by atoms with Gasteiger partial charge in [-0.15, -0.1) is 0 Å². The van der Waals surface area contributed by atoms with E-state index in [1.165, 1.54) is 16.8 Å². The number of hydrogen-bond acceptors (Lipinski definition) is 3. The van der Waals surface area contributed by atoms with Crippen LogP contribution in [0.2, 0.25) is 0 Å². The Morgan fingerprint density at radius 1 is 1.22 bits per heavy atom. The van der Waals surface area contributed by atoms with Crippen LogP contribution in [-0.4, -0.2) is 20.3 Å². The molecular weight excluding hydrogens is 357 g/mol. The molecule has 0 saturated heterocycles. The number of nitrogens with one attached hydrogen (secondary N) is 1. The number of alkyl halides is 3. The van der Waals surface area contributed by atoms with Crippen molar-refractivity contribution in [3.05, 3.63) is 48.4 Å². The van der Waals surface area contributed by atoms with Gasteiger partial charge in [0.25, 0.3) is 0 Å². The van der Waals surface area contributed by atoms with E-state index in [0.717, 1.165) is 18.9 Å². The number of halogens is 3. The third-order valence-electron chi connectivity index (χ3n) is 4.45. The topological polar surface area (TPSA) is 59.3 Å². The highest BCUT2D eigenvalue weighted by Gasteiger charge is 2.33. The van der Waals surface area contributed by atoms with E-state index in [9.17, 15) is 18.0 Å². The van der Waals surface area contributed by atoms with E-state index in [-0.39, 0.29) is 17.6 Å². The minimum atomic E-state index is -4.52. The van der Waals surface area contributed by atoms with Gasteiger partial charge >= 0.3 is 6.18 Å². The van der Waals surface area contributed by atoms with Crippen molar-refractivity contribution in [2.75, 3.05) is 5.32 Å². The molecule has 27 heavy (non-hydrogen) atoms. The Kier molecular flexibility index (Phi) is 5.16. The highest BCUT2D eigenvalue weighted by Crippen LogP contribution is 2.29. The van der Waals surface area contributed by atoms with Gasteiger partial charge in [-0.3, -0.25) is 9.20 Å². The van der Waals surface area contributed by atoms with Gasteiger partial charge in [0.2, 0.25) is 11.7 Å². The number of hydrogen-bond donors (Lipinski definition) is 1. The number of benzene rings is 1. The van der Waals surface area contributed by atoms with Crippen molar-refractivity contribution < 1.29 is 18.0 Å². The molecule has 142 valence electrons. The Labute approximate surface area is 154 Å². The lowest BCUT2D eigenvalue weighted by Crippen LogP contribution is -2.21. The van der Waals surface area contributed by atoms with Gasteiger partial charge in [-0.2, -0.15) is 13.2 Å². The number of nitrogens with zero attached hydrogens (tertiary/aromatic N) is 3. The number of anilines is 1. The van der Waals surface area contributed by atoms with Gasteiger partial charge in [0.1, 0.15) is 5.69 Å². The average molecular weight is 376 g/mol. The number of carbonyl (C=O) groups excluding carboxylic acids is 1. The number of amides is 1. The monoisotopic (exact) mass is 376 g/mol. The highest BCUT2D eigenvalue weighted by atomic mass is 19.4. The van der Waals surface area contributed by atoms with E-state index < -0.39 is 11.9 Å². The SMILES string of the molecule is CCC(CC)C(=O)Nc1cccc(-c2cnc3nc(C(F)(F)F)ccn23)c1. The molecule has 0 aliphatic rings. The second-order valence-electron chi connectivity index (χ2n) is 6.21. The van der Waals surface area contributed by atoms with Gasteiger partial charge in [0.05, 0.1) is 11.9 Å². The van der Waals surface area contributed by atoms with Gasteiger partial charge in [-0.1, -0.05) is 26.0 Å². The third-order valence-corrected chi connectivity index (χ3v) is 4.45. The smallest absolute Gasteiger partial charge is 0.326 e. The number of rotatable bonds is 5. The molecule has 1 aromatic carbocycles. The first-order valence-electron chi connectivity index (χ1n) is 8.66. The molecule has 0 saturated carbocycles. The van der Waals surface area contributed by atoms with Crippen LogP contribution < -0.4 is 5.32 Å². The second kappa shape index (κ2) is 7.38. The molecule has 0 bridgehead atoms. The zero-order valence-electron chi connectivity index (χ0n) is 14.9. The molecular formula is C19H19F3N4O. The minimum Gasteiger partial charge on any atom is -0.326 e. The highest BCUT2D eigenvalue weighted by molar-refractivity contribution is 5.93. The van der Waals surface area contributed by atoms with Crippen LogP contribution >= 0.6 is 0 Å². The summed E-state index contributed by atoms with van der Waals surface area (Å²) >= 11 is 0. The Bertz CT molecular complexity index is 961. The van der Waals surface area contributed by atoms with E-state index >= 15 is 0 Å². The molecule has 1 N–H and O–H groups in total. The average Bonchev–Trinajstić information content (AvgIpc) is 3.05. The van der Waals surface area contributed by atoms with Crippen molar-refractivity contribution in [2.45, 2.75) is 32.9 Å². The molecule has 8 heteroatoms. The zero-order chi connectivity index (χ0) is 19.6. The van der Waals surface area contributed by atoms with Gasteiger partial charge in [0, 0.05) is 23.4 Å². The van der Waals surface area contributed by atoms with Crippen LogP contribution in [0.4, 0.5) is 18.9 Å². The summed E-state index contributed by atoms with van der Waals surface area (Å²) in [4.78, 5) is 19.8. The number of fused-ring (bicyclic) bond motifs is 1. The van der Waals surface area contributed by atoms with Crippen LogP contribution in [0, 0.1) is 5.92 Å². The van der Waals surface area contributed by atoms with Crippen LogP contribution in [0.15, 0.2) is 42.7 Å². The number of aromatic nitrogens is 3. The summed E-state index contributed by atoms with van der Waals surface area (Å²) in [6.45, 7) is 3.93. The molecule has 0 radical (unpaired) electrons. The number of carbonyl (C=O) groups is 1. The standard InChI is InChI=1S/C19H19F3N4O/c1-3-12(4-2)17(27)24-14-7-5-6-13(10-14)15-11-23-18-25-16(19(20,21)22)8-9-26(15)18/h5-12H,3-4H2,1-2H3,(H,24,27). The van der Waals surface area contributed by atoms with E-state index in [1.807, 2.05) is 13.8 Å². The molecule has 0 unspecified atom stereocenters. The van der Waals surface area contributed by atoms with Crippen LogP contribution in [-0.2, 0) is 11.0 Å². The molecule has 1 amide bonds. The molecule has 0 fully saturated rings. The molecule has 2 aromatic heterocycles. The van der Waals surface area contributed by atoms with Crippen molar-refractivity contribution >= 4 is 17.4 Å². The lowest BCUT2D eigenvalue weighted by molar-refractivity contribution is -0.141. The fraction of sp³-hybridized carbons (Fsp3) is 0.316. The fourth-order valence-electron chi connectivity index (χ4n) is 2.90. The molecule has 3 aromatic rings. The van der Waals surface area contributed by atoms with Gasteiger partial charge in [-0.05, 0) is 31.0 Å². The molecule has 2 heterocycles. The molecule has 0 atom stereocenters. The number of imidazole rings is 1. The Morgan fingerprint density at radius 3 is 2.63 bits per heavy atom. The maximum absolute atomic E-state index is 12.8. The van der Waals surface area contributed by atoms with Crippen molar-refractivity contribution in [3.8, 4) is 11.3 Å². The summed E-state index contributed by atoms with van der Waals surface area (Å²) in [5.74, 6) is -0.146. The lowest BCUT2D eigenvalue weighted by atomic mass is 10.0. The van der Waals surface area contributed by atoms with E-state index in [0.29, 0.717) is 16.9 Å². The maximum atomic E-state index is 12.8. The summed E-state index contributed by atoms with van der Waals surface area (Å²) in [5.41, 5.74) is 0.939. The van der Waals surface area contributed by atoms with Crippen LogP contribution in [0.5, 0.6) is 0 Å². The van der Waals surface area contributed by atoms with E-state index in [2.05, 4.69) is 15.3 Å². The maximum Gasteiger partial charge on any atom is 0.433 e. The normalized spacial score (nSPS) is 11.9. The van der Waals surface area contributed by atoms with E-state index in [1.54, 1.807) is 24.3 Å². The third kappa shape index (κ3) is 3.94. The fourth-order valence-corrected chi connectivity index (χ4v) is 2.90. The zero-order valence-corrected chi connectivity index (χ0v) is 14.9. The Hall–Kier alpha value is -2.90. The largest absolute Gasteiger partial charge is 0.433 e. The molecule has 0 aliphatic heterocycles. The summed E-state index contributed by atoms with van der Waals surface area (Å²) in [5, 5.41) is 2.89. The first-order valence-corrected chi connectivity index (χ1v) is 8.66. The van der Waals surface area contributed by atoms with Crippen molar-refractivity contribution in [1.29, 1.82) is 0 Å². The van der Waals surface area contributed by atoms with E-state index in [4.69, 9.17) is 0 Å². The molecule has 5 nitrogen and oxygen atoms in total. The second-order valence-corrected chi connectivity index (χ2v) is 6.21. The lowest BCUT2D eigenvalue weighted by Gasteiger charge is -2.13. The predicted octanol–water partition coefficient (Wildman–Crippen LogP) is 4.79. The summed E-state index contributed by atoms with van der Waals surface area (Å²) in [6, 6.07) is 8.02. The Morgan fingerprint density at radius 2 is 1.96 bits per heavy atom.